The molecule has 19 heavy (non-hydrogen) atoms. The van der Waals surface area contributed by atoms with Crippen LogP contribution in [0, 0.1) is 0 Å². The maximum absolute atomic E-state index is 10.5. The molecule has 3 nitrogen and oxygen atoms in total. The highest BCUT2D eigenvalue weighted by Gasteiger charge is 2.11. The fourth-order valence-electron chi connectivity index (χ4n) is 2.41. The number of hydrogen-bond acceptors (Lipinski definition) is 2. The first-order valence-corrected chi connectivity index (χ1v) is 8.10. The molecule has 114 valence electrons. The van der Waals surface area contributed by atoms with Gasteiger partial charge in [0.2, 0.25) is 0 Å². The summed E-state index contributed by atoms with van der Waals surface area (Å²) < 4.78 is 4.88. The maximum Gasteiger partial charge on any atom is 0.506 e. The second-order valence-electron chi connectivity index (χ2n) is 5.41. The normalized spacial score (nSPS) is 12.3. The molecule has 0 bridgehead atoms. The first-order valence-electron chi connectivity index (χ1n) is 8.10. The van der Waals surface area contributed by atoms with E-state index in [1.165, 1.54) is 51.4 Å². The fourth-order valence-corrected chi connectivity index (χ4v) is 2.41. The molecule has 0 aliphatic rings. The summed E-state index contributed by atoms with van der Waals surface area (Å²) in [5.74, 6) is 0. The van der Waals surface area contributed by atoms with Crippen LogP contribution in [-0.2, 0) is 4.74 Å². The van der Waals surface area contributed by atoms with E-state index in [2.05, 4.69) is 13.8 Å². The molecule has 0 heterocycles. The quantitative estimate of drug-likeness (QED) is 0.342. The van der Waals surface area contributed by atoms with Crippen LogP contribution in [0.4, 0.5) is 4.79 Å². The lowest BCUT2D eigenvalue weighted by atomic mass is 10.0. The minimum atomic E-state index is -1.13. The van der Waals surface area contributed by atoms with Crippen LogP contribution in [0.1, 0.15) is 90.9 Å². The van der Waals surface area contributed by atoms with Crippen LogP contribution in [0.15, 0.2) is 0 Å². The van der Waals surface area contributed by atoms with E-state index in [1.807, 2.05) is 0 Å². The third kappa shape index (κ3) is 13.5. The van der Waals surface area contributed by atoms with Crippen molar-refractivity contribution >= 4 is 6.16 Å². The zero-order valence-corrected chi connectivity index (χ0v) is 12.8. The summed E-state index contributed by atoms with van der Waals surface area (Å²) in [6, 6.07) is 0. The molecule has 3 heteroatoms. The molecule has 0 saturated carbocycles. The van der Waals surface area contributed by atoms with Crippen molar-refractivity contribution in [3.63, 3.8) is 0 Å². The Labute approximate surface area is 118 Å². The third-order valence-electron chi connectivity index (χ3n) is 3.51. The summed E-state index contributed by atoms with van der Waals surface area (Å²) in [6.07, 6.45) is 13.2. The highest BCUT2D eigenvalue weighted by atomic mass is 16.7. The van der Waals surface area contributed by atoms with Crippen molar-refractivity contribution in [3.05, 3.63) is 0 Å². The zero-order chi connectivity index (χ0) is 14.3. The average molecular weight is 272 g/mol. The van der Waals surface area contributed by atoms with Crippen LogP contribution >= 0.6 is 0 Å². The van der Waals surface area contributed by atoms with E-state index in [-0.39, 0.29) is 6.10 Å². The Hall–Kier alpha value is -0.730. The standard InChI is InChI=1S/C16H32O3/c1-3-5-6-7-8-9-10-11-12-14-15(13-4-2)19-16(17)18/h15H,3-14H2,1-2H3,(H,17,18). The first kappa shape index (κ1) is 18.3. The fraction of sp³-hybridized carbons (Fsp3) is 0.938. The second kappa shape index (κ2) is 13.7. The van der Waals surface area contributed by atoms with E-state index in [0.717, 1.165) is 25.7 Å². The Kier molecular flexibility index (Phi) is 13.2. The van der Waals surface area contributed by atoms with E-state index < -0.39 is 6.16 Å². The molecule has 0 spiro atoms. The number of rotatable bonds is 13. The lowest BCUT2D eigenvalue weighted by Gasteiger charge is -2.14. The minimum absolute atomic E-state index is 0.0907. The molecule has 0 aromatic rings. The molecule has 1 unspecified atom stereocenters. The SMILES string of the molecule is CCCCCCCCCCCC(CCC)OC(=O)O. The Morgan fingerprint density at radius 2 is 1.37 bits per heavy atom. The van der Waals surface area contributed by atoms with Gasteiger partial charge in [0.15, 0.2) is 0 Å². The van der Waals surface area contributed by atoms with Gasteiger partial charge < -0.3 is 9.84 Å². The molecule has 0 aliphatic heterocycles. The molecule has 0 fully saturated rings. The van der Waals surface area contributed by atoms with Crippen molar-refractivity contribution in [3.8, 4) is 0 Å². The number of carbonyl (C=O) groups is 1. The van der Waals surface area contributed by atoms with Crippen molar-refractivity contribution in [1.29, 1.82) is 0 Å². The maximum atomic E-state index is 10.5. The number of carboxylic acid groups (broad SMARTS) is 1. The molecule has 1 atom stereocenters. The van der Waals surface area contributed by atoms with Gasteiger partial charge in [-0.15, -0.1) is 0 Å². The van der Waals surface area contributed by atoms with E-state index in [0.29, 0.717) is 0 Å². The second-order valence-corrected chi connectivity index (χ2v) is 5.41. The highest BCUT2D eigenvalue weighted by molar-refractivity contribution is 5.57. The Bertz CT molecular complexity index is 204. The summed E-state index contributed by atoms with van der Waals surface area (Å²) in [6.45, 7) is 4.31. The van der Waals surface area contributed by atoms with Crippen molar-refractivity contribution in [2.75, 3.05) is 0 Å². The van der Waals surface area contributed by atoms with Gasteiger partial charge in [-0.2, -0.15) is 0 Å². The van der Waals surface area contributed by atoms with E-state index >= 15 is 0 Å². The van der Waals surface area contributed by atoms with Gasteiger partial charge >= 0.3 is 6.16 Å². The molecular weight excluding hydrogens is 240 g/mol. The van der Waals surface area contributed by atoms with E-state index in [1.54, 1.807) is 0 Å². The van der Waals surface area contributed by atoms with Gasteiger partial charge in [0.25, 0.3) is 0 Å². The monoisotopic (exact) mass is 272 g/mol. The molecule has 1 N–H and O–H groups in total. The Morgan fingerprint density at radius 1 is 0.842 bits per heavy atom. The minimum Gasteiger partial charge on any atom is -0.450 e. The first-order chi connectivity index (χ1) is 9.20. The van der Waals surface area contributed by atoms with Crippen LogP contribution in [0.2, 0.25) is 0 Å². The summed E-state index contributed by atoms with van der Waals surface area (Å²) in [5.41, 5.74) is 0. The zero-order valence-electron chi connectivity index (χ0n) is 12.8. The molecule has 0 aromatic carbocycles. The van der Waals surface area contributed by atoms with Crippen LogP contribution in [0.5, 0.6) is 0 Å². The van der Waals surface area contributed by atoms with Gasteiger partial charge in [0.1, 0.15) is 6.10 Å². The Balaban J connectivity index is 3.36. The van der Waals surface area contributed by atoms with E-state index in [4.69, 9.17) is 9.84 Å². The lowest BCUT2D eigenvalue weighted by Crippen LogP contribution is -2.16. The molecule has 0 saturated heterocycles. The number of hydrogen-bond donors (Lipinski definition) is 1. The summed E-state index contributed by atoms with van der Waals surface area (Å²) in [4.78, 5) is 10.5. The molecular formula is C16H32O3. The van der Waals surface area contributed by atoms with Crippen LogP contribution < -0.4 is 0 Å². The predicted octanol–water partition coefficient (Wildman–Crippen LogP) is 5.77. The van der Waals surface area contributed by atoms with Crippen molar-refractivity contribution < 1.29 is 14.6 Å². The largest absolute Gasteiger partial charge is 0.506 e. The molecule has 0 rings (SSSR count). The number of ether oxygens (including phenoxy) is 1. The van der Waals surface area contributed by atoms with Gasteiger partial charge in [-0.1, -0.05) is 71.6 Å². The lowest BCUT2D eigenvalue weighted by molar-refractivity contribution is 0.0431. The van der Waals surface area contributed by atoms with Gasteiger partial charge in [-0.25, -0.2) is 4.79 Å². The van der Waals surface area contributed by atoms with Gasteiger partial charge in [0.05, 0.1) is 0 Å². The number of unbranched alkanes of at least 4 members (excludes halogenated alkanes) is 8. The summed E-state index contributed by atoms with van der Waals surface area (Å²) in [5, 5.41) is 8.63. The summed E-state index contributed by atoms with van der Waals surface area (Å²) >= 11 is 0. The Morgan fingerprint density at radius 3 is 1.84 bits per heavy atom. The molecule has 0 aliphatic carbocycles. The van der Waals surface area contributed by atoms with Gasteiger partial charge in [0, 0.05) is 0 Å². The van der Waals surface area contributed by atoms with Gasteiger partial charge in [-0.3, -0.25) is 0 Å². The van der Waals surface area contributed by atoms with Crippen molar-refractivity contribution in [1.82, 2.24) is 0 Å². The third-order valence-corrected chi connectivity index (χ3v) is 3.51. The smallest absolute Gasteiger partial charge is 0.450 e. The highest BCUT2D eigenvalue weighted by Crippen LogP contribution is 2.15. The van der Waals surface area contributed by atoms with Crippen LogP contribution in [0.3, 0.4) is 0 Å². The van der Waals surface area contributed by atoms with Gasteiger partial charge in [-0.05, 0) is 19.3 Å². The van der Waals surface area contributed by atoms with E-state index in [9.17, 15) is 4.79 Å². The van der Waals surface area contributed by atoms with Crippen LogP contribution in [-0.4, -0.2) is 17.4 Å². The van der Waals surface area contributed by atoms with Crippen molar-refractivity contribution in [2.45, 2.75) is 97.0 Å². The molecule has 0 amide bonds. The summed E-state index contributed by atoms with van der Waals surface area (Å²) in [7, 11) is 0. The predicted molar refractivity (Wildman–Crippen MR) is 79.6 cm³/mol. The topological polar surface area (TPSA) is 46.5 Å². The molecule has 0 aromatic heterocycles. The van der Waals surface area contributed by atoms with Crippen LogP contribution in [0.25, 0.3) is 0 Å². The van der Waals surface area contributed by atoms with Crippen molar-refractivity contribution in [2.24, 2.45) is 0 Å². The average Bonchev–Trinajstić information content (AvgIpc) is 2.36. The molecule has 0 radical (unpaired) electrons.